The lowest BCUT2D eigenvalue weighted by atomic mass is 9.97. The van der Waals surface area contributed by atoms with Crippen LogP contribution in [-0.2, 0) is 6.54 Å². The molecule has 1 saturated heterocycles. The molecule has 1 aromatic carbocycles. The summed E-state index contributed by atoms with van der Waals surface area (Å²) in [5, 5.41) is 0. The largest absolute Gasteiger partial charge is 0.434 e. The van der Waals surface area contributed by atoms with E-state index in [4.69, 9.17) is 5.73 Å². The maximum absolute atomic E-state index is 12.3. The van der Waals surface area contributed by atoms with Gasteiger partial charge in [0.15, 0.2) is 0 Å². The van der Waals surface area contributed by atoms with E-state index < -0.39 is 6.61 Å². The molecule has 1 aliphatic heterocycles. The van der Waals surface area contributed by atoms with E-state index in [0.29, 0.717) is 12.5 Å². The first kappa shape index (κ1) is 17.1. The molecule has 2 N–H and O–H groups in total. The minimum atomic E-state index is -2.77. The van der Waals surface area contributed by atoms with Gasteiger partial charge in [-0.05, 0) is 44.5 Å². The second-order valence-corrected chi connectivity index (χ2v) is 4.94. The SMILES string of the molecule is Cl.NCC1CCN(Cc2ccccc2OC(F)F)CC1. The summed E-state index contributed by atoms with van der Waals surface area (Å²) in [6, 6.07) is 6.99. The van der Waals surface area contributed by atoms with Crippen molar-refractivity contribution in [2.45, 2.75) is 26.0 Å². The van der Waals surface area contributed by atoms with E-state index in [1.807, 2.05) is 12.1 Å². The Kier molecular flexibility index (Phi) is 7.19. The maximum Gasteiger partial charge on any atom is 0.387 e. The number of halogens is 3. The molecule has 0 bridgehead atoms. The van der Waals surface area contributed by atoms with Crippen LogP contribution >= 0.6 is 12.4 Å². The van der Waals surface area contributed by atoms with Crippen LogP contribution in [0.4, 0.5) is 8.78 Å². The van der Waals surface area contributed by atoms with Crippen molar-refractivity contribution in [3.8, 4) is 5.75 Å². The van der Waals surface area contributed by atoms with Crippen LogP contribution in [0, 0.1) is 5.92 Å². The Morgan fingerprint density at radius 2 is 1.90 bits per heavy atom. The lowest BCUT2D eigenvalue weighted by molar-refractivity contribution is -0.0508. The molecule has 1 aromatic rings. The molecule has 1 heterocycles. The fourth-order valence-electron chi connectivity index (χ4n) is 2.47. The van der Waals surface area contributed by atoms with E-state index in [9.17, 15) is 8.78 Å². The summed E-state index contributed by atoms with van der Waals surface area (Å²) < 4.78 is 29.2. The lowest BCUT2D eigenvalue weighted by Gasteiger charge is -2.31. The van der Waals surface area contributed by atoms with E-state index in [0.717, 1.165) is 38.0 Å². The molecule has 0 radical (unpaired) electrons. The van der Waals surface area contributed by atoms with Crippen molar-refractivity contribution >= 4 is 12.4 Å². The predicted octanol–water partition coefficient (Wildman–Crippen LogP) is 2.88. The molecule has 0 unspecified atom stereocenters. The van der Waals surface area contributed by atoms with Crippen molar-refractivity contribution in [3.05, 3.63) is 29.8 Å². The van der Waals surface area contributed by atoms with Gasteiger partial charge in [0.05, 0.1) is 0 Å². The van der Waals surface area contributed by atoms with Crippen LogP contribution in [-0.4, -0.2) is 31.1 Å². The van der Waals surface area contributed by atoms with E-state index in [-0.39, 0.29) is 18.2 Å². The number of hydrogen-bond acceptors (Lipinski definition) is 3. The van der Waals surface area contributed by atoms with Gasteiger partial charge in [-0.15, -0.1) is 12.4 Å². The average molecular weight is 307 g/mol. The Bertz CT molecular complexity index is 399. The van der Waals surface area contributed by atoms with E-state index in [1.165, 1.54) is 0 Å². The van der Waals surface area contributed by atoms with Gasteiger partial charge in [-0.3, -0.25) is 4.90 Å². The highest BCUT2D eigenvalue weighted by molar-refractivity contribution is 5.85. The molecular weight excluding hydrogens is 286 g/mol. The van der Waals surface area contributed by atoms with Gasteiger partial charge < -0.3 is 10.5 Å². The molecule has 0 aliphatic carbocycles. The molecule has 1 aliphatic rings. The molecule has 2 rings (SSSR count). The first-order valence-electron chi connectivity index (χ1n) is 6.64. The Labute approximate surface area is 124 Å². The van der Waals surface area contributed by atoms with Crippen molar-refractivity contribution in [1.82, 2.24) is 4.90 Å². The first-order chi connectivity index (χ1) is 9.19. The van der Waals surface area contributed by atoms with Gasteiger partial charge in [0.25, 0.3) is 0 Å². The summed E-state index contributed by atoms with van der Waals surface area (Å²) >= 11 is 0. The third kappa shape index (κ3) is 4.89. The third-order valence-electron chi connectivity index (χ3n) is 3.62. The number of para-hydroxylation sites is 1. The van der Waals surface area contributed by atoms with Crippen molar-refractivity contribution in [1.29, 1.82) is 0 Å². The highest BCUT2D eigenvalue weighted by Crippen LogP contribution is 2.24. The van der Waals surface area contributed by atoms with E-state index in [1.54, 1.807) is 12.1 Å². The monoisotopic (exact) mass is 306 g/mol. The topological polar surface area (TPSA) is 38.5 Å². The van der Waals surface area contributed by atoms with Crippen LogP contribution in [0.1, 0.15) is 18.4 Å². The third-order valence-corrected chi connectivity index (χ3v) is 3.62. The normalized spacial score (nSPS) is 17.0. The number of alkyl halides is 2. The number of benzene rings is 1. The molecule has 3 nitrogen and oxygen atoms in total. The Morgan fingerprint density at radius 3 is 2.50 bits per heavy atom. The summed E-state index contributed by atoms with van der Waals surface area (Å²) in [7, 11) is 0. The smallest absolute Gasteiger partial charge is 0.387 e. The second kappa shape index (κ2) is 8.39. The van der Waals surface area contributed by atoms with Gasteiger partial charge in [0.2, 0.25) is 0 Å². The number of nitrogens with zero attached hydrogens (tertiary/aromatic N) is 1. The van der Waals surface area contributed by atoms with Crippen LogP contribution in [0.5, 0.6) is 5.75 Å². The Morgan fingerprint density at radius 1 is 1.25 bits per heavy atom. The highest BCUT2D eigenvalue weighted by Gasteiger charge is 2.19. The quantitative estimate of drug-likeness (QED) is 0.909. The number of piperidine rings is 1. The molecule has 6 heteroatoms. The lowest BCUT2D eigenvalue weighted by Crippen LogP contribution is -2.35. The van der Waals surface area contributed by atoms with Crippen LogP contribution < -0.4 is 10.5 Å². The zero-order chi connectivity index (χ0) is 13.7. The number of rotatable bonds is 5. The summed E-state index contributed by atoms with van der Waals surface area (Å²) in [5.41, 5.74) is 6.47. The van der Waals surface area contributed by atoms with E-state index in [2.05, 4.69) is 9.64 Å². The van der Waals surface area contributed by atoms with Crippen molar-refractivity contribution in [2.24, 2.45) is 11.7 Å². The van der Waals surface area contributed by atoms with E-state index >= 15 is 0 Å². The average Bonchev–Trinajstić information content (AvgIpc) is 2.41. The van der Waals surface area contributed by atoms with Crippen LogP contribution in [0.2, 0.25) is 0 Å². The molecule has 20 heavy (non-hydrogen) atoms. The van der Waals surface area contributed by atoms with Gasteiger partial charge in [-0.2, -0.15) is 8.78 Å². The fourth-order valence-corrected chi connectivity index (χ4v) is 2.47. The zero-order valence-electron chi connectivity index (χ0n) is 11.3. The summed E-state index contributed by atoms with van der Waals surface area (Å²) in [6.45, 7) is 0.540. The molecule has 0 atom stereocenters. The van der Waals surface area contributed by atoms with Gasteiger partial charge in [0, 0.05) is 12.1 Å². The molecule has 0 spiro atoms. The van der Waals surface area contributed by atoms with Crippen LogP contribution in [0.25, 0.3) is 0 Å². The molecule has 0 aromatic heterocycles. The fraction of sp³-hybridized carbons (Fsp3) is 0.571. The summed E-state index contributed by atoms with van der Waals surface area (Å²) in [4.78, 5) is 2.26. The van der Waals surface area contributed by atoms with Gasteiger partial charge >= 0.3 is 6.61 Å². The number of nitrogens with two attached hydrogens (primary N) is 1. The Hall–Kier alpha value is -0.910. The molecule has 1 fully saturated rings. The molecule has 0 amide bonds. The first-order valence-corrected chi connectivity index (χ1v) is 6.64. The minimum Gasteiger partial charge on any atom is -0.434 e. The number of ether oxygens (including phenoxy) is 1. The van der Waals surface area contributed by atoms with Crippen LogP contribution in [0.3, 0.4) is 0 Å². The number of likely N-dealkylation sites (tertiary alicyclic amines) is 1. The molecule has 0 saturated carbocycles. The van der Waals surface area contributed by atoms with Gasteiger partial charge in [0.1, 0.15) is 5.75 Å². The predicted molar refractivity (Wildman–Crippen MR) is 77.4 cm³/mol. The second-order valence-electron chi connectivity index (χ2n) is 4.94. The Balaban J connectivity index is 0.00000200. The zero-order valence-corrected chi connectivity index (χ0v) is 12.1. The highest BCUT2D eigenvalue weighted by atomic mass is 35.5. The van der Waals surface area contributed by atoms with Crippen molar-refractivity contribution in [3.63, 3.8) is 0 Å². The standard InChI is InChI=1S/C14H20F2N2O.ClH/c15-14(16)19-13-4-2-1-3-12(13)10-18-7-5-11(9-17)6-8-18;/h1-4,11,14H,5-10,17H2;1H. The van der Waals surface area contributed by atoms with Gasteiger partial charge in [-0.1, -0.05) is 18.2 Å². The maximum atomic E-state index is 12.3. The molecular formula is C14H21ClF2N2O. The summed E-state index contributed by atoms with van der Waals surface area (Å²) in [6.07, 6.45) is 2.16. The number of hydrogen-bond donors (Lipinski definition) is 1. The summed E-state index contributed by atoms with van der Waals surface area (Å²) in [5.74, 6) is 0.877. The van der Waals surface area contributed by atoms with Crippen molar-refractivity contribution in [2.75, 3.05) is 19.6 Å². The minimum absolute atomic E-state index is 0. The van der Waals surface area contributed by atoms with Gasteiger partial charge in [-0.25, -0.2) is 0 Å². The van der Waals surface area contributed by atoms with Crippen LogP contribution in [0.15, 0.2) is 24.3 Å². The van der Waals surface area contributed by atoms with Crippen molar-refractivity contribution < 1.29 is 13.5 Å². The molecule has 114 valence electrons.